The molecule has 1 aliphatic rings. The van der Waals surface area contributed by atoms with Crippen molar-refractivity contribution in [1.29, 1.82) is 0 Å². The number of rotatable bonds is 22. The number of nitrogens with one attached hydrogen (secondary N) is 4. The Bertz CT molecular complexity index is 1130. The average molecular weight is 629 g/mol. The molecular formula is C34H52N4O7. The van der Waals surface area contributed by atoms with E-state index >= 15 is 0 Å². The van der Waals surface area contributed by atoms with Gasteiger partial charge in [0, 0.05) is 68.0 Å². The van der Waals surface area contributed by atoms with Gasteiger partial charge in [0.1, 0.15) is 12.2 Å². The van der Waals surface area contributed by atoms with Crippen LogP contribution in [0.1, 0.15) is 101 Å². The lowest BCUT2D eigenvalue weighted by molar-refractivity contribution is -0.127. The lowest BCUT2D eigenvalue weighted by Crippen LogP contribution is -2.31. The maximum atomic E-state index is 12.9. The van der Waals surface area contributed by atoms with Crippen LogP contribution in [0.15, 0.2) is 35.5 Å². The van der Waals surface area contributed by atoms with Crippen LogP contribution in [0.5, 0.6) is 0 Å². The molecule has 2 rings (SSSR count). The van der Waals surface area contributed by atoms with Crippen LogP contribution in [0.25, 0.3) is 0 Å². The van der Waals surface area contributed by atoms with Gasteiger partial charge in [-0.25, -0.2) is 4.79 Å². The van der Waals surface area contributed by atoms with E-state index in [0.717, 1.165) is 69.1 Å². The second-order valence-corrected chi connectivity index (χ2v) is 11.2. The molecule has 0 heterocycles. The van der Waals surface area contributed by atoms with Gasteiger partial charge < -0.3 is 30.7 Å². The number of benzene rings is 1. The molecule has 45 heavy (non-hydrogen) atoms. The van der Waals surface area contributed by atoms with Gasteiger partial charge in [-0.05, 0) is 69.2 Å². The van der Waals surface area contributed by atoms with Crippen molar-refractivity contribution in [3.8, 4) is 0 Å². The molecule has 4 N–H and O–H groups in total. The summed E-state index contributed by atoms with van der Waals surface area (Å²) in [6.07, 6.45) is 8.45. The quantitative estimate of drug-likeness (QED) is 0.0790. The smallest absolute Gasteiger partial charge is 0.407 e. The molecule has 1 unspecified atom stereocenters. The zero-order valence-corrected chi connectivity index (χ0v) is 27.3. The molecule has 250 valence electrons. The molecule has 11 heteroatoms. The Morgan fingerprint density at radius 2 is 1.58 bits per heavy atom. The van der Waals surface area contributed by atoms with E-state index in [1.54, 1.807) is 24.3 Å². The lowest BCUT2D eigenvalue weighted by atomic mass is 9.90. The average Bonchev–Trinajstić information content (AvgIpc) is 3.04. The van der Waals surface area contributed by atoms with Crippen molar-refractivity contribution in [3.05, 3.63) is 41.1 Å². The molecule has 3 amide bonds. The Morgan fingerprint density at radius 1 is 0.822 bits per heavy atom. The van der Waals surface area contributed by atoms with Gasteiger partial charge in [0.25, 0.3) is 0 Å². The number of ketones is 2. The fraction of sp³-hybridized carbons (Fsp3) is 0.618. The molecule has 0 aliphatic heterocycles. The molecule has 1 aromatic rings. The zero-order valence-electron chi connectivity index (χ0n) is 27.3. The second-order valence-electron chi connectivity index (χ2n) is 11.2. The van der Waals surface area contributed by atoms with E-state index in [1.807, 2.05) is 14.0 Å². The molecule has 1 aliphatic carbocycles. The fourth-order valence-corrected chi connectivity index (χ4v) is 5.28. The number of carbonyl (C=O) groups excluding carboxylic acids is 5. The van der Waals surface area contributed by atoms with Crippen molar-refractivity contribution in [2.45, 2.75) is 90.9 Å². The number of allylic oxidation sites excluding steroid dienone is 2. The SMILES string of the molecule is CCCC(CCCCNC(=O)OCCCOCCNC(=O)CC(=O)Nc1ccc(C(=O)C2=C(NC)CCCC2)cc1)C(=O)CC. The van der Waals surface area contributed by atoms with Gasteiger partial charge in [-0.2, -0.15) is 0 Å². The lowest BCUT2D eigenvalue weighted by Gasteiger charge is -2.19. The first kappa shape index (κ1) is 37.5. The van der Waals surface area contributed by atoms with Crippen LogP contribution in [0.2, 0.25) is 0 Å². The summed E-state index contributed by atoms with van der Waals surface area (Å²) in [6.45, 7) is 5.59. The van der Waals surface area contributed by atoms with E-state index in [9.17, 15) is 24.0 Å². The van der Waals surface area contributed by atoms with Gasteiger partial charge in [-0.15, -0.1) is 0 Å². The van der Waals surface area contributed by atoms with Crippen LogP contribution in [0, 0.1) is 5.92 Å². The van der Waals surface area contributed by atoms with Gasteiger partial charge in [-0.3, -0.25) is 19.2 Å². The van der Waals surface area contributed by atoms with Crippen LogP contribution >= 0.6 is 0 Å². The highest BCUT2D eigenvalue weighted by Crippen LogP contribution is 2.26. The molecule has 0 saturated heterocycles. The van der Waals surface area contributed by atoms with Gasteiger partial charge >= 0.3 is 6.09 Å². The first-order valence-corrected chi connectivity index (χ1v) is 16.4. The third-order valence-corrected chi connectivity index (χ3v) is 7.72. The van der Waals surface area contributed by atoms with E-state index in [1.165, 1.54) is 0 Å². The van der Waals surface area contributed by atoms with Crippen LogP contribution in [0.3, 0.4) is 0 Å². The number of amides is 3. The summed E-state index contributed by atoms with van der Waals surface area (Å²) in [5, 5.41) is 11.2. The van der Waals surface area contributed by atoms with Crippen LogP contribution in [0.4, 0.5) is 10.5 Å². The minimum atomic E-state index is -0.472. The number of anilines is 1. The van der Waals surface area contributed by atoms with Crippen molar-refractivity contribution in [2.75, 3.05) is 45.3 Å². The van der Waals surface area contributed by atoms with Crippen molar-refractivity contribution >= 4 is 35.2 Å². The number of Topliss-reactive ketones (excluding diaryl/α,β-unsaturated/α-hetero) is 2. The van der Waals surface area contributed by atoms with Crippen molar-refractivity contribution in [2.24, 2.45) is 5.92 Å². The topological polar surface area (TPSA) is 152 Å². The second kappa shape index (κ2) is 21.9. The number of carbonyl (C=O) groups is 5. The predicted molar refractivity (Wildman–Crippen MR) is 174 cm³/mol. The van der Waals surface area contributed by atoms with Crippen molar-refractivity contribution < 1.29 is 33.4 Å². The summed E-state index contributed by atoms with van der Waals surface area (Å²) in [7, 11) is 1.84. The minimum Gasteiger partial charge on any atom is -0.449 e. The third kappa shape index (κ3) is 14.7. The number of alkyl carbamates (subject to hydrolysis) is 1. The Kier molecular flexibility index (Phi) is 18.2. The van der Waals surface area contributed by atoms with Crippen LogP contribution in [-0.4, -0.2) is 69.4 Å². The highest BCUT2D eigenvalue weighted by Gasteiger charge is 2.20. The minimum absolute atomic E-state index is 0.00286. The first-order chi connectivity index (χ1) is 21.8. The highest BCUT2D eigenvalue weighted by molar-refractivity contribution is 6.09. The summed E-state index contributed by atoms with van der Waals surface area (Å²) in [5.41, 5.74) is 2.89. The van der Waals surface area contributed by atoms with E-state index in [2.05, 4.69) is 28.2 Å². The van der Waals surface area contributed by atoms with Crippen LogP contribution in [-0.2, 0) is 23.9 Å². The van der Waals surface area contributed by atoms with Crippen molar-refractivity contribution in [1.82, 2.24) is 16.0 Å². The van der Waals surface area contributed by atoms with E-state index in [-0.39, 0.29) is 37.9 Å². The monoisotopic (exact) mass is 628 g/mol. The normalized spacial score (nSPS) is 13.5. The largest absolute Gasteiger partial charge is 0.449 e. The maximum Gasteiger partial charge on any atom is 0.407 e. The predicted octanol–water partition coefficient (Wildman–Crippen LogP) is 5.06. The van der Waals surface area contributed by atoms with E-state index in [4.69, 9.17) is 9.47 Å². The molecule has 0 bridgehead atoms. The van der Waals surface area contributed by atoms with Crippen LogP contribution < -0.4 is 21.3 Å². The third-order valence-electron chi connectivity index (χ3n) is 7.72. The Labute approximate surface area is 267 Å². The number of hydrogen-bond donors (Lipinski definition) is 4. The molecule has 0 fully saturated rings. The summed E-state index contributed by atoms with van der Waals surface area (Å²) in [6, 6.07) is 6.69. The standard InChI is InChI=1S/C34H52N4O7/c1-4-11-25(30(39)5-2)12-8-9-19-37-34(43)45-22-10-21-44-23-20-36-31(40)24-32(41)38-27-17-15-26(16-18-27)33(42)28-13-6-7-14-29(28)35-3/h15-18,25,35H,4-14,19-24H2,1-3H3,(H,36,40)(H,37,43)(H,38,41). The Balaban J connectivity index is 1.50. The molecule has 0 aromatic heterocycles. The Morgan fingerprint density at radius 3 is 2.29 bits per heavy atom. The summed E-state index contributed by atoms with van der Waals surface area (Å²) >= 11 is 0. The molecule has 0 spiro atoms. The Hall–Kier alpha value is -3.73. The summed E-state index contributed by atoms with van der Waals surface area (Å²) in [4.78, 5) is 61.0. The van der Waals surface area contributed by atoms with E-state index in [0.29, 0.717) is 43.0 Å². The fourth-order valence-electron chi connectivity index (χ4n) is 5.28. The van der Waals surface area contributed by atoms with Gasteiger partial charge in [0.05, 0.1) is 13.2 Å². The first-order valence-electron chi connectivity index (χ1n) is 16.4. The van der Waals surface area contributed by atoms with Gasteiger partial charge in [-0.1, -0.05) is 26.7 Å². The summed E-state index contributed by atoms with van der Waals surface area (Å²) in [5.74, 6) is -0.435. The van der Waals surface area contributed by atoms with E-state index < -0.39 is 17.9 Å². The molecule has 1 aromatic carbocycles. The molecule has 11 nitrogen and oxygen atoms in total. The molecule has 0 saturated carbocycles. The van der Waals surface area contributed by atoms with Gasteiger partial charge in [0.15, 0.2) is 5.78 Å². The number of ether oxygens (including phenoxy) is 2. The number of hydrogen-bond acceptors (Lipinski definition) is 8. The molecule has 0 radical (unpaired) electrons. The highest BCUT2D eigenvalue weighted by atomic mass is 16.5. The van der Waals surface area contributed by atoms with Gasteiger partial charge in [0.2, 0.25) is 11.8 Å². The molecule has 1 atom stereocenters. The zero-order chi connectivity index (χ0) is 32.9. The summed E-state index contributed by atoms with van der Waals surface area (Å²) < 4.78 is 10.6. The maximum absolute atomic E-state index is 12.9. The van der Waals surface area contributed by atoms with Crippen molar-refractivity contribution in [3.63, 3.8) is 0 Å². The number of unbranched alkanes of at least 4 members (excludes halogenated alkanes) is 1. The molecular weight excluding hydrogens is 576 g/mol.